The number of rotatable bonds is 4. The predicted octanol–water partition coefficient (Wildman–Crippen LogP) is 1.43. The van der Waals surface area contributed by atoms with E-state index >= 15 is 0 Å². The summed E-state index contributed by atoms with van der Waals surface area (Å²) < 4.78 is 5.20. The van der Waals surface area contributed by atoms with E-state index in [-0.39, 0.29) is 6.04 Å². The van der Waals surface area contributed by atoms with Crippen molar-refractivity contribution in [2.45, 2.75) is 13.0 Å². The van der Waals surface area contributed by atoms with Gasteiger partial charge in [-0.05, 0) is 37.2 Å². The Morgan fingerprint density at radius 1 is 1.41 bits per heavy atom. The summed E-state index contributed by atoms with van der Waals surface area (Å²) in [5.74, 6) is 1.67. The van der Waals surface area contributed by atoms with Gasteiger partial charge in [-0.1, -0.05) is 6.07 Å². The largest absolute Gasteiger partial charge is 0.497 e. The van der Waals surface area contributed by atoms with Crippen LogP contribution in [0, 0.1) is 6.92 Å². The van der Waals surface area contributed by atoms with Crippen LogP contribution in [0.15, 0.2) is 24.5 Å². The number of aromatic amines is 1. The normalized spacial score (nSPS) is 12.4. The van der Waals surface area contributed by atoms with Gasteiger partial charge in [0, 0.05) is 0 Å². The molecule has 0 bridgehead atoms. The quantitative estimate of drug-likeness (QED) is 0.837. The highest BCUT2D eigenvalue weighted by atomic mass is 16.5. The fourth-order valence-electron chi connectivity index (χ4n) is 1.89. The molecule has 0 aliphatic heterocycles. The van der Waals surface area contributed by atoms with E-state index in [4.69, 9.17) is 4.74 Å². The Labute approximate surface area is 100 Å². The lowest BCUT2D eigenvalue weighted by atomic mass is 10.0. The minimum absolute atomic E-state index is 0.0170. The predicted molar refractivity (Wildman–Crippen MR) is 65.0 cm³/mol. The van der Waals surface area contributed by atoms with Gasteiger partial charge >= 0.3 is 0 Å². The molecule has 1 aromatic carbocycles. The van der Waals surface area contributed by atoms with E-state index in [0.29, 0.717) is 0 Å². The van der Waals surface area contributed by atoms with Gasteiger partial charge in [-0.2, -0.15) is 5.10 Å². The Kier molecular flexibility index (Phi) is 3.39. The van der Waals surface area contributed by atoms with Crippen LogP contribution in [0.3, 0.4) is 0 Å². The van der Waals surface area contributed by atoms with Crippen LogP contribution in [-0.2, 0) is 0 Å². The van der Waals surface area contributed by atoms with E-state index in [1.165, 1.54) is 6.33 Å². The number of nitrogens with one attached hydrogen (secondary N) is 2. The molecule has 0 spiro atoms. The third-order valence-electron chi connectivity index (χ3n) is 2.78. The summed E-state index contributed by atoms with van der Waals surface area (Å²) in [4.78, 5) is 4.19. The first-order chi connectivity index (χ1) is 8.26. The maximum atomic E-state index is 5.20. The van der Waals surface area contributed by atoms with Gasteiger partial charge in [-0.25, -0.2) is 4.98 Å². The highest BCUT2D eigenvalue weighted by Gasteiger charge is 2.16. The lowest BCUT2D eigenvalue weighted by Crippen LogP contribution is -2.20. The van der Waals surface area contributed by atoms with Crippen molar-refractivity contribution in [2.75, 3.05) is 14.2 Å². The second-order valence-corrected chi connectivity index (χ2v) is 3.81. The number of hydrogen-bond acceptors (Lipinski definition) is 4. The molecule has 0 fully saturated rings. The molecule has 0 aliphatic carbocycles. The van der Waals surface area contributed by atoms with Crippen molar-refractivity contribution in [1.29, 1.82) is 0 Å². The molecular weight excluding hydrogens is 216 g/mol. The minimum atomic E-state index is 0.0170. The highest BCUT2D eigenvalue weighted by molar-refractivity contribution is 5.38. The lowest BCUT2D eigenvalue weighted by Gasteiger charge is -2.16. The minimum Gasteiger partial charge on any atom is -0.497 e. The average Bonchev–Trinajstić information content (AvgIpc) is 2.85. The molecule has 5 nitrogen and oxygen atoms in total. The van der Waals surface area contributed by atoms with Crippen molar-refractivity contribution < 1.29 is 4.74 Å². The Bertz CT molecular complexity index is 481. The van der Waals surface area contributed by atoms with Gasteiger partial charge in [0.25, 0.3) is 0 Å². The van der Waals surface area contributed by atoms with E-state index in [0.717, 1.165) is 22.7 Å². The lowest BCUT2D eigenvalue weighted by molar-refractivity contribution is 0.414. The molecule has 5 heteroatoms. The zero-order valence-corrected chi connectivity index (χ0v) is 10.2. The first-order valence-corrected chi connectivity index (χ1v) is 5.43. The van der Waals surface area contributed by atoms with E-state index in [2.05, 4.69) is 27.4 Å². The maximum Gasteiger partial charge on any atom is 0.145 e. The summed E-state index contributed by atoms with van der Waals surface area (Å²) in [7, 11) is 3.57. The van der Waals surface area contributed by atoms with Crippen molar-refractivity contribution in [3.63, 3.8) is 0 Å². The number of nitrogens with zero attached hydrogens (tertiary/aromatic N) is 2. The van der Waals surface area contributed by atoms with Crippen molar-refractivity contribution in [3.8, 4) is 5.75 Å². The summed E-state index contributed by atoms with van der Waals surface area (Å²) in [5, 5.41) is 9.99. The van der Waals surface area contributed by atoms with Crippen molar-refractivity contribution >= 4 is 0 Å². The number of methoxy groups -OCH3 is 1. The number of ether oxygens (including phenoxy) is 1. The number of hydrogen-bond donors (Lipinski definition) is 2. The Balaban J connectivity index is 2.38. The fraction of sp³-hybridized carbons (Fsp3) is 0.333. The second kappa shape index (κ2) is 4.97. The van der Waals surface area contributed by atoms with Crippen LogP contribution < -0.4 is 10.1 Å². The van der Waals surface area contributed by atoms with Gasteiger partial charge in [-0.15, -0.1) is 0 Å². The zero-order chi connectivity index (χ0) is 12.3. The second-order valence-electron chi connectivity index (χ2n) is 3.81. The monoisotopic (exact) mass is 232 g/mol. The maximum absolute atomic E-state index is 5.20. The summed E-state index contributed by atoms with van der Waals surface area (Å²) in [6, 6.07) is 6.01. The smallest absolute Gasteiger partial charge is 0.145 e. The Morgan fingerprint density at radius 3 is 2.76 bits per heavy atom. The van der Waals surface area contributed by atoms with Crippen molar-refractivity contribution in [3.05, 3.63) is 41.5 Å². The van der Waals surface area contributed by atoms with Gasteiger partial charge in [0.1, 0.15) is 17.9 Å². The van der Waals surface area contributed by atoms with Crippen LogP contribution in [0.25, 0.3) is 0 Å². The summed E-state index contributed by atoms with van der Waals surface area (Å²) in [6.07, 6.45) is 1.51. The van der Waals surface area contributed by atoms with Crippen molar-refractivity contribution in [2.24, 2.45) is 0 Å². The van der Waals surface area contributed by atoms with Gasteiger partial charge in [0.05, 0.1) is 13.2 Å². The molecule has 0 amide bonds. The number of benzene rings is 1. The van der Waals surface area contributed by atoms with Crippen LogP contribution in [0.2, 0.25) is 0 Å². The van der Waals surface area contributed by atoms with Gasteiger partial charge in [0.2, 0.25) is 0 Å². The molecule has 0 saturated heterocycles. The van der Waals surface area contributed by atoms with E-state index in [1.807, 2.05) is 25.2 Å². The molecule has 1 unspecified atom stereocenters. The topological polar surface area (TPSA) is 62.8 Å². The Morgan fingerprint density at radius 2 is 2.24 bits per heavy atom. The molecule has 90 valence electrons. The SMILES string of the molecule is CNC(c1ncn[nH]1)c1ccc(OC)cc1C. The van der Waals surface area contributed by atoms with Gasteiger partial charge < -0.3 is 10.1 Å². The van der Waals surface area contributed by atoms with Crippen LogP contribution in [0.4, 0.5) is 0 Å². The van der Waals surface area contributed by atoms with Crippen LogP contribution in [0.5, 0.6) is 5.75 Å². The number of aromatic nitrogens is 3. The van der Waals surface area contributed by atoms with Crippen LogP contribution in [0.1, 0.15) is 23.0 Å². The molecule has 2 rings (SSSR count). The standard InChI is InChI=1S/C12H16N4O/c1-8-6-9(17-3)4-5-10(8)11(13-2)12-14-7-15-16-12/h4-7,11,13H,1-3H3,(H,14,15,16). The van der Waals surface area contributed by atoms with Crippen LogP contribution in [-0.4, -0.2) is 29.3 Å². The Hall–Kier alpha value is -1.88. The highest BCUT2D eigenvalue weighted by Crippen LogP contribution is 2.25. The molecule has 1 aromatic heterocycles. The van der Waals surface area contributed by atoms with E-state index in [1.54, 1.807) is 7.11 Å². The molecule has 0 radical (unpaired) electrons. The van der Waals surface area contributed by atoms with Gasteiger partial charge in [0.15, 0.2) is 0 Å². The average molecular weight is 232 g/mol. The molecule has 17 heavy (non-hydrogen) atoms. The first-order valence-electron chi connectivity index (χ1n) is 5.43. The van der Waals surface area contributed by atoms with E-state index in [9.17, 15) is 0 Å². The summed E-state index contributed by atoms with van der Waals surface area (Å²) >= 11 is 0. The molecular formula is C12H16N4O. The molecule has 1 atom stereocenters. The molecule has 0 aliphatic rings. The molecule has 0 saturated carbocycles. The van der Waals surface area contributed by atoms with Crippen molar-refractivity contribution in [1.82, 2.24) is 20.5 Å². The van der Waals surface area contributed by atoms with Gasteiger partial charge in [-0.3, -0.25) is 5.10 Å². The third kappa shape index (κ3) is 2.29. The summed E-state index contributed by atoms with van der Waals surface area (Å²) in [5.41, 5.74) is 2.31. The number of H-pyrrole nitrogens is 1. The third-order valence-corrected chi connectivity index (χ3v) is 2.78. The van der Waals surface area contributed by atoms with E-state index < -0.39 is 0 Å². The summed E-state index contributed by atoms with van der Waals surface area (Å²) in [6.45, 7) is 2.05. The van der Waals surface area contributed by atoms with Crippen LogP contribution >= 0.6 is 0 Å². The fourth-order valence-corrected chi connectivity index (χ4v) is 1.89. The zero-order valence-electron chi connectivity index (χ0n) is 10.2. The number of aryl methyl sites for hydroxylation is 1. The molecule has 2 N–H and O–H groups in total. The molecule has 1 heterocycles. The molecule has 2 aromatic rings. The first kappa shape index (κ1) is 11.6.